The van der Waals surface area contributed by atoms with Gasteiger partial charge in [0.25, 0.3) is 0 Å². The largest absolute Gasteiger partial charge is 0.465 e. The molecule has 2 aromatic heterocycles. The van der Waals surface area contributed by atoms with Crippen molar-refractivity contribution < 1.29 is 12.8 Å². The van der Waals surface area contributed by atoms with Gasteiger partial charge < -0.3 is 9.73 Å². The third-order valence-electron chi connectivity index (χ3n) is 2.99. The second kappa shape index (κ2) is 6.74. The lowest BCUT2D eigenvalue weighted by Crippen LogP contribution is -2.23. The Kier molecular flexibility index (Phi) is 5.21. The van der Waals surface area contributed by atoms with E-state index < -0.39 is 10.0 Å². The van der Waals surface area contributed by atoms with Gasteiger partial charge in [-0.3, -0.25) is 0 Å². The summed E-state index contributed by atoms with van der Waals surface area (Å²) >= 11 is 1.50. The molecule has 2 aromatic rings. The molecule has 116 valence electrons. The van der Waals surface area contributed by atoms with Crippen molar-refractivity contribution in [1.82, 2.24) is 10.0 Å². The Bertz CT molecular complexity index is 702. The molecule has 0 unspecified atom stereocenters. The molecular formula is C14H20N2O3S2. The smallest absolute Gasteiger partial charge is 0.242 e. The number of hydrogen-bond donors (Lipinski definition) is 2. The summed E-state index contributed by atoms with van der Waals surface area (Å²) in [5, 5.41) is 3.20. The Balaban J connectivity index is 2.09. The van der Waals surface area contributed by atoms with Gasteiger partial charge in [-0.2, -0.15) is 0 Å². The summed E-state index contributed by atoms with van der Waals surface area (Å²) in [6, 6.07) is 5.32. The Morgan fingerprint density at radius 2 is 2.00 bits per heavy atom. The monoisotopic (exact) mass is 328 g/mol. The van der Waals surface area contributed by atoms with Gasteiger partial charge >= 0.3 is 0 Å². The lowest BCUT2D eigenvalue weighted by Gasteiger charge is -2.04. The summed E-state index contributed by atoms with van der Waals surface area (Å²) in [6.45, 7) is 7.38. The van der Waals surface area contributed by atoms with Crippen molar-refractivity contribution in [2.45, 2.75) is 38.8 Å². The summed E-state index contributed by atoms with van der Waals surface area (Å²) in [4.78, 5) is 2.17. The van der Waals surface area contributed by atoms with Crippen LogP contribution in [0.5, 0.6) is 0 Å². The van der Waals surface area contributed by atoms with Gasteiger partial charge in [0.2, 0.25) is 10.0 Å². The van der Waals surface area contributed by atoms with Crippen LogP contribution in [0, 0.1) is 13.8 Å². The zero-order chi connectivity index (χ0) is 15.5. The molecule has 0 spiro atoms. The normalized spacial score (nSPS) is 12.0. The van der Waals surface area contributed by atoms with Crippen LogP contribution in [-0.2, 0) is 23.1 Å². The fourth-order valence-electron chi connectivity index (χ4n) is 1.95. The molecule has 0 saturated heterocycles. The summed E-state index contributed by atoms with van der Waals surface area (Å²) < 4.78 is 32.7. The maximum Gasteiger partial charge on any atom is 0.242 e. The van der Waals surface area contributed by atoms with E-state index in [2.05, 4.69) is 10.0 Å². The molecule has 7 heteroatoms. The number of aryl methyl sites for hydroxylation is 2. The third-order valence-corrected chi connectivity index (χ3v) is 5.70. The minimum atomic E-state index is -3.51. The minimum absolute atomic E-state index is 0.161. The average Bonchev–Trinajstić information content (AvgIpc) is 3.00. The Hall–Kier alpha value is -1.15. The van der Waals surface area contributed by atoms with Gasteiger partial charge in [-0.15, -0.1) is 11.3 Å². The van der Waals surface area contributed by atoms with Crippen molar-refractivity contribution >= 4 is 21.4 Å². The molecule has 0 aliphatic rings. The maximum atomic E-state index is 12.4. The van der Waals surface area contributed by atoms with Gasteiger partial charge in [0.15, 0.2) is 0 Å². The molecule has 2 heterocycles. The summed E-state index contributed by atoms with van der Waals surface area (Å²) in [6.07, 6.45) is 0. The number of furan rings is 1. The zero-order valence-corrected chi connectivity index (χ0v) is 14.0. The SMILES string of the molecule is CCNCc1cc(S(=O)(=O)NCc2ccc(C)o2)c(C)s1. The molecule has 0 aliphatic heterocycles. The second-order valence-electron chi connectivity index (χ2n) is 4.75. The number of nitrogens with one attached hydrogen (secondary N) is 2. The van der Waals surface area contributed by atoms with Crippen LogP contribution in [0.4, 0.5) is 0 Å². The fourth-order valence-corrected chi connectivity index (χ4v) is 4.55. The van der Waals surface area contributed by atoms with Crippen molar-refractivity contribution in [3.63, 3.8) is 0 Å². The quantitative estimate of drug-likeness (QED) is 0.819. The highest BCUT2D eigenvalue weighted by Gasteiger charge is 2.20. The molecule has 0 saturated carbocycles. The highest BCUT2D eigenvalue weighted by atomic mass is 32.2. The van der Waals surface area contributed by atoms with Crippen LogP contribution in [0.1, 0.15) is 28.2 Å². The molecule has 0 bridgehead atoms. The van der Waals surface area contributed by atoms with Crippen LogP contribution < -0.4 is 10.0 Å². The van der Waals surface area contributed by atoms with Gasteiger partial charge in [-0.25, -0.2) is 13.1 Å². The molecule has 2 N–H and O–H groups in total. The first-order valence-corrected chi connectivity index (χ1v) is 9.07. The molecule has 0 atom stereocenters. The van der Waals surface area contributed by atoms with Crippen molar-refractivity contribution in [3.8, 4) is 0 Å². The molecule has 0 radical (unpaired) electrons. The van der Waals surface area contributed by atoms with E-state index in [1.165, 1.54) is 11.3 Å². The molecule has 0 aromatic carbocycles. The first-order valence-electron chi connectivity index (χ1n) is 6.77. The van der Waals surface area contributed by atoms with E-state index >= 15 is 0 Å². The van der Waals surface area contributed by atoms with E-state index in [0.717, 1.165) is 22.1 Å². The number of hydrogen-bond acceptors (Lipinski definition) is 5. The maximum absolute atomic E-state index is 12.4. The lowest BCUT2D eigenvalue weighted by molar-refractivity contribution is 0.475. The molecule has 21 heavy (non-hydrogen) atoms. The lowest BCUT2D eigenvalue weighted by atomic mass is 10.4. The van der Waals surface area contributed by atoms with Crippen LogP contribution in [0.15, 0.2) is 27.5 Å². The second-order valence-corrected chi connectivity index (χ2v) is 7.83. The van der Waals surface area contributed by atoms with Crippen LogP contribution >= 0.6 is 11.3 Å². The first kappa shape index (κ1) is 16.2. The average molecular weight is 328 g/mol. The molecule has 0 aliphatic carbocycles. The molecule has 0 amide bonds. The van der Waals surface area contributed by atoms with E-state index in [-0.39, 0.29) is 6.54 Å². The van der Waals surface area contributed by atoms with E-state index in [9.17, 15) is 8.42 Å². The summed E-state index contributed by atoms with van der Waals surface area (Å²) in [5.41, 5.74) is 0. The van der Waals surface area contributed by atoms with Crippen LogP contribution in [0.2, 0.25) is 0 Å². The van der Waals surface area contributed by atoms with Gasteiger partial charge in [-0.1, -0.05) is 6.92 Å². The van der Waals surface area contributed by atoms with Gasteiger partial charge in [0.05, 0.1) is 11.4 Å². The van der Waals surface area contributed by atoms with Crippen LogP contribution in [0.25, 0.3) is 0 Å². The minimum Gasteiger partial charge on any atom is -0.465 e. The molecule has 0 fully saturated rings. The van der Waals surface area contributed by atoms with Crippen LogP contribution in [-0.4, -0.2) is 15.0 Å². The van der Waals surface area contributed by atoms with E-state index in [0.29, 0.717) is 17.2 Å². The highest BCUT2D eigenvalue weighted by molar-refractivity contribution is 7.89. The molecule has 5 nitrogen and oxygen atoms in total. The van der Waals surface area contributed by atoms with Crippen molar-refractivity contribution in [2.24, 2.45) is 0 Å². The van der Waals surface area contributed by atoms with E-state index in [4.69, 9.17) is 4.42 Å². The third kappa shape index (κ3) is 4.16. The van der Waals surface area contributed by atoms with Crippen molar-refractivity contribution in [2.75, 3.05) is 6.54 Å². The number of rotatable bonds is 7. The standard InChI is InChI=1S/C14H20N2O3S2/c1-4-15-9-13-7-14(11(3)20-13)21(17,18)16-8-12-6-5-10(2)19-12/h5-7,15-16H,4,8-9H2,1-3H3. The number of thiophene rings is 1. The first-order chi connectivity index (χ1) is 9.92. The Morgan fingerprint density at radius 1 is 1.24 bits per heavy atom. The Labute approximate surface area is 129 Å². The predicted octanol–water partition coefficient (Wildman–Crippen LogP) is 2.55. The summed E-state index contributed by atoms with van der Waals surface area (Å²) in [7, 11) is -3.51. The fraction of sp³-hybridized carbons (Fsp3) is 0.429. The van der Waals surface area contributed by atoms with Crippen LogP contribution in [0.3, 0.4) is 0 Å². The van der Waals surface area contributed by atoms with Gasteiger partial charge in [0.1, 0.15) is 11.5 Å². The highest BCUT2D eigenvalue weighted by Crippen LogP contribution is 2.25. The topological polar surface area (TPSA) is 71.3 Å². The molecule has 2 rings (SSSR count). The van der Waals surface area contributed by atoms with Crippen molar-refractivity contribution in [1.29, 1.82) is 0 Å². The van der Waals surface area contributed by atoms with E-state index in [1.54, 1.807) is 12.1 Å². The number of sulfonamides is 1. The van der Waals surface area contributed by atoms with Crippen molar-refractivity contribution in [3.05, 3.63) is 39.5 Å². The predicted molar refractivity (Wildman–Crippen MR) is 83.9 cm³/mol. The summed E-state index contributed by atoms with van der Waals surface area (Å²) in [5.74, 6) is 1.38. The van der Waals surface area contributed by atoms with Gasteiger partial charge in [0, 0.05) is 16.3 Å². The Morgan fingerprint density at radius 3 is 2.62 bits per heavy atom. The van der Waals surface area contributed by atoms with Gasteiger partial charge in [-0.05, 0) is 38.6 Å². The van der Waals surface area contributed by atoms with E-state index in [1.807, 2.05) is 26.8 Å². The molecular weight excluding hydrogens is 308 g/mol. The zero-order valence-electron chi connectivity index (χ0n) is 12.4.